The summed E-state index contributed by atoms with van der Waals surface area (Å²) in [6, 6.07) is 7.86. The predicted octanol–water partition coefficient (Wildman–Crippen LogP) is 2.66. The minimum Gasteiger partial charge on any atom is -0.389 e. The second-order valence-electron chi connectivity index (χ2n) is 6.59. The standard InChI is InChI=1S/C17H25NO2/c1-13-4-6-14(7-5-13)16(19)15-8-10-18(11-9-15)12-17(2,3)20/h4-7,15,20H,8-12H2,1-3H3. The molecular weight excluding hydrogens is 250 g/mol. The van der Waals surface area contributed by atoms with Gasteiger partial charge in [0.1, 0.15) is 0 Å². The van der Waals surface area contributed by atoms with Crippen LogP contribution in [0.2, 0.25) is 0 Å². The molecule has 1 aliphatic rings. The average Bonchev–Trinajstić information content (AvgIpc) is 2.38. The van der Waals surface area contributed by atoms with Crippen molar-refractivity contribution in [2.45, 2.75) is 39.2 Å². The van der Waals surface area contributed by atoms with Crippen molar-refractivity contribution < 1.29 is 9.90 Å². The fourth-order valence-electron chi connectivity index (χ4n) is 2.85. The van der Waals surface area contributed by atoms with Gasteiger partial charge in [0.15, 0.2) is 5.78 Å². The van der Waals surface area contributed by atoms with Crippen LogP contribution in [0.15, 0.2) is 24.3 Å². The molecule has 20 heavy (non-hydrogen) atoms. The van der Waals surface area contributed by atoms with Crippen molar-refractivity contribution in [3.8, 4) is 0 Å². The van der Waals surface area contributed by atoms with Gasteiger partial charge in [0.25, 0.3) is 0 Å². The number of nitrogens with zero attached hydrogens (tertiary/aromatic N) is 1. The number of hydrogen-bond acceptors (Lipinski definition) is 3. The zero-order valence-electron chi connectivity index (χ0n) is 12.7. The van der Waals surface area contributed by atoms with Crippen LogP contribution in [0.3, 0.4) is 0 Å². The van der Waals surface area contributed by atoms with E-state index >= 15 is 0 Å². The molecule has 0 radical (unpaired) electrons. The summed E-state index contributed by atoms with van der Waals surface area (Å²) < 4.78 is 0. The SMILES string of the molecule is Cc1ccc(C(=O)C2CCN(CC(C)(C)O)CC2)cc1. The first-order valence-electron chi connectivity index (χ1n) is 7.41. The van der Waals surface area contributed by atoms with Gasteiger partial charge < -0.3 is 10.0 Å². The molecule has 1 fully saturated rings. The number of Topliss-reactive ketones (excluding diaryl/α,β-unsaturated/α-hetero) is 1. The Labute approximate surface area is 121 Å². The fourth-order valence-corrected chi connectivity index (χ4v) is 2.85. The summed E-state index contributed by atoms with van der Waals surface area (Å²) in [5, 5.41) is 9.84. The number of benzene rings is 1. The second-order valence-corrected chi connectivity index (χ2v) is 6.59. The van der Waals surface area contributed by atoms with E-state index in [1.165, 1.54) is 5.56 Å². The number of aliphatic hydroxyl groups is 1. The van der Waals surface area contributed by atoms with E-state index in [0.717, 1.165) is 31.5 Å². The molecule has 0 atom stereocenters. The molecule has 1 aliphatic heterocycles. The Morgan fingerprint density at radius 1 is 1.25 bits per heavy atom. The van der Waals surface area contributed by atoms with E-state index in [1.54, 1.807) is 0 Å². The maximum atomic E-state index is 12.4. The van der Waals surface area contributed by atoms with Gasteiger partial charge in [0, 0.05) is 18.0 Å². The Morgan fingerprint density at radius 2 is 1.80 bits per heavy atom. The molecule has 0 aromatic heterocycles. The highest BCUT2D eigenvalue weighted by atomic mass is 16.3. The third-order valence-electron chi connectivity index (χ3n) is 3.90. The summed E-state index contributed by atoms with van der Waals surface area (Å²) in [4.78, 5) is 14.7. The molecule has 1 saturated heterocycles. The lowest BCUT2D eigenvalue weighted by atomic mass is 9.88. The molecular formula is C17H25NO2. The van der Waals surface area contributed by atoms with Crippen LogP contribution >= 0.6 is 0 Å². The van der Waals surface area contributed by atoms with Crippen LogP contribution in [0.5, 0.6) is 0 Å². The van der Waals surface area contributed by atoms with Crippen molar-refractivity contribution in [1.82, 2.24) is 4.90 Å². The average molecular weight is 275 g/mol. The molecule has 1 heterocycles. The smallest absolute Gasteiger partial charge is 0.166 e. The maximum Gasteiger partial charge on any atom is 0.166 e. The minimum atomic E-state index is -0.659. The number of ketones is 1. The minimum absolute atomic E-state index is 0.135. The van der Waals surface area contributed by atoms with Gasteiger partial charge in [-0.05, 0) is 46.7 Å². The fraction of sp³-hybridized carbons (Fsp3) is 0.588. The van der Waals surface area contributed by atoms with Crippen molar-refractivity contribution >= 4 is 5.78 Å². The number of likely N-dealkylation sites (tertiary alicyclic amines) is 1. The van der Waals surface area contributed by atoms with Crippen LogP contribution in [0.4, 0.5) is 0 Å². The highest BCUT2D eigenvalue weighted by Gasteiger charge is 2.28. The molecule has 1 aromatic rings. The molecule has 2 rings (SSSR count). The third-order valence-corrected chi connectivity index (χ3v) is 3.90. The summed E-state index contributed by atoms with van der Waals surface area (Å²) in [5.74, 6) is 0.406. The number of hydrogen-bond donors (Lipinski definition) is 1. The number of β-amino-alcohol motifs (C(OH)–C–C–N with tert-alkyl or cyclic N) is 1. The summed E-state index contributed by atoms with van der Waals surface area (Å²) in [6.45, 7) is 8.16. The summed E-state index contributed by atoms with van der Waals surface area (Å²) in [7, 11) is 0. The molecule has 0 spiro atoms. The number of aryl methyl sites for hydroxylation is 1. The number of rotatable bonds is 4. The van der Waals surface area contributed by atoms with Crippen LogP contribution in [0.1, 0.15) is 42.6 Å². The van der Waals surface area contributed by atoms with Crippen molar-refractivity contribution in [3.63, 3.8) is 0 Å². The molecule has 0 aliphatic carbocycles. The predicted molar refractivity (Wildman–Crippen MR) is 81.0 cm³/mol. The number of carbonyl (C=O) groups excluding carboxylic acids is 1. The lowest BCUT2D eigenvalue weighted by Crippen LogP contribution is -2.44. The Morgan fingerprint density at radius 3 is 2.30 bits per heavy atom. The first-order valence-corrected chi connectivity index (χ1v) is 7.41. The van der Waals surface area contributed by atoms with E-state index in [2.05, 4.69) is 4.90 Å². The molecule has 3 heteroatoms. The first kappa shape index (κ1) is 15.2. The monoisotopic (exact) mass is 275 g/mol. The number of carbonyl (C=O) groups is 1. The normalized spacial score (nSPS) is 18.2. The maximum absolute atomic E-state index is 12.4. The van der Waals surface area contributed by atoms with Crippen molar-refractivity contribution in [3.05, 3.63) is 35.4 Å². The highest BCUT2D eigenvalue weighted by molar-refractivity contribution is 5.97. The Hall–Kier alpha value is -1.19. The summed E-state index contributed by atoms with van der Waals surface area (Å²) in [6.07, 6.45) is 1.78. The second kappa shape index (κ2) is 6.06. The lowest BCUT2D eigenvalue weighted by molar-refractivity contribution is 0.0247. The molecule has 0 unspecified atom stereocenters. The van der Waals surface area contributed by atoms with Gasteiger partial charge in [0.2, 0.25) is 0 Å². The molecule has 1 N–H and O–H groups in total. The number of piperidine rings is 1. The zero-order valence-corrected chi connectivity index (χ0v) is 12.7. The summed E-state index contributed by atoms with van der Waals surface area (Å²) in [5.41, 5.74) is 1.35. The van der Waals surface area contributed by atoms with Gasteiger partial charge in [0.05, 0.1) is 5.60 Å². The Kier molecular flexibility index (Phi) is 4.61. The lowest BCUT2D eigenvalue weighted by Gasteiger charge is -2.34. The Balaban J connectivity index is 1.90. The molecule has 0 saturated carbocycles. The van der Waals surface area contributed by atoms with E-state index in [-0.39, 0.29) is 11.7 Å². The quantitative estimate of drug-likeness (QED) is 0.859. The van der Waals surface area contributed by atoms with E-state index in [4.69, 9.17) is 0 Å². The molecule has 0 bridgehead atoms. The van der Waals surface area contributed by atoms with Crippen LogP contribution in [0.25, 0.3) is 0 Å². The molecule has 1 aromatic carbocycles. The van der Waals surface area contributed by atoms with E-state index in [9.17, 15) is 9.90 Å². The first-order chi connectivity index (χ1) is 9.35. The van der Waals surface area contributed by atoms with Gasteiger partial charge in [-0.1, -0.05) is 29.8 Å². The van der Waals surface area contributed by atoms with E-state index in [1.807, 2.05) is 45.0 Å². The van der Waals surface area contributed by atoms with Crippen LogP contribution in [0, 0.1) is 12.8 Å². The molecule has 110 valence electrons. The van der Waals surface area contributed by atoms with E-state index in [0.29, 0.717) is 6.54 Å². The molecule has 0 amide bonds. The van der Waals surface area contributed by atoms with Crippen LogP contribution in [-0.4, -0.2) is 41.0 Å². The summed E-state index contributed by atoms with van der Waals surface area (Å²) >= 11 is 0. The molecule has 3 nitrogen and oxygen atoms in total. The topological polar surface area (TPSA) is 40.5 Å². The van der Waals surface area contributed by atoms with Gasteiger partial charge in [-0.15, -0.1) is 0 Å². The van der Waals surface area contributed by atoms with Gasteiger partial charge >= 0.3 is 0 Å². The largest absolute Gasteiger partial charge is 0.389 e. The van der Waals surface area contributed by atoms with Gasteiger partial charge in [-0.25, -0.2) is 0 Å². The van der Waals surface area contributed by atoms with Crippen molar-refractivity contribution in [1.29, 1.82) is 0 Å². The van der Waals surface area contributed by atoms with E-state index < -0.39 is 5.60 Å². The van der Waals surface area contributed by atoms with Gasteiger partial charge in [-0.3, -0.25) is 4.79 Å². The zero-order chi connectivity index (χ0) is 14.8. The van der Waals surface area contributed by atoms with Crippen LogP contribution < -0.4 is 0 Å². The van der Waals surface area contributed by atoms with Gasteiger partial charge in [-0.2, -0.15) is 0 Å². The van der Waals surface area contributed by atoms with Crippen molar-refractivity contribution in [2.75, 3.05) is 19.6 Å². The van der Waals surface area contributed by atoms with Crippen molar-refractivity contribution in [2.24, 2.45) is 5.92 Å². The van der Waals surface area contributed by atoms with Crippen LogP contribution in [-0.2, 0) is 0 Å². The highest BCUT2D eigenvalue weighted by Crippen LogP contribution is 2.23. The Bertz CT molecular complexity index is 451. The third kappa shape index (κ3) is 4.15.